The highest BCUT2D eigenvalue weighted by Crippen LogP contribution is 2.38. The van der Waals surface area contributed by atoms with Crippen LogP contribution in [0.15, 0.2) is 48.7 Å². The number of ether oxygens (including phenoxy) is 3. The van der Waals surface area contributed by atoms with Crippen LogP contribution >= 0.6 is 0 Å². The molecule has 4 rings (SSSR count). The molecule has 0 aliphatic carbocycles. The molecule has 0 unspecified atom stereocenters. The molecule has 0 radical (unpaired) electrons. The van der Waals surface area contributed by atoms with Gasteiger partial charge in [0, 0.05) is 32.2 Å². The third-order valence-corrected chi connectivity index (χ3v) is 5.35. The van der Waals surface area contributed by atoms with Gasteiger partial charge in [0.1, 0.15) is 5.75 Å². The molecule has 1 aliphatic rings. The summed E-state index contributed by atoms with van der Waals surface area (Å²) >= 11 is 0. The van der Waals surface area contributed by atoms with E-state index >= 15 is 0 Å². The molecule has 176 valence electrons. The molecule has 0 amide bonds. The number of pyridine rings is 1. The van der Waals surface area contributed by atoms with E-state index in [1.807, 2.05) is 6.92 Å². The largest absolute Gasteiger partial charge is 0.573 e. The molecule has 0 atom stereocenters. The molecule has 34 heavy (non-hydrogen) atoms. The molecule has 0 fully saturated rings. The smallest absolute Gasteiger partial charge is 0.461 e. The standard InChI is InChI=1S/C25H22F3N3O3/c1-15-23-20(14-32-24(2,3)34-23)18(12-30-15)13-31-21-9-8-16(10-22(21)33-25(26,27)28)19-7-5-4-6-17(19)11-29/h4-10,12,31H,13-14H2,1-3H3. The highest BCUT2D eigenvalue weighted by molar-refractivity contribution is 5.75. The minimum atomic E-state index is -4.89. The van der Waals surface area contributed by atoms with E-state index in [2.05, 4.69) is 21.1 Å². The second-order valence-electron chi connectivity index (χ2n) is 8.24. The Kier molecular flexibility index (Phi) is 6.11. The topological polar surface area (TPSA) is 76.4 Å². The molecular formula is C25H22F3N3O3. The summed E-state index contributed by atoms with van der Waals surface area (Å²) in [5.41, 5.74) is 3.66. The third-order valence-electron chi connectivity index (χ3n) is 5.35. The summed E-state index contributed by atoms with van der Waals surface area (Å²) in [7, 11) is 0. The van der Waals surface area contributed by atoms with Crippen LogP contribution < -0.4 is 14.8 Å². The summed E-state index contributed by atoms with van der Waals surface area (Å²) in [4.78, 5) is 4.36. The molecule has 6 nitrogen and oxygen atoms in total. The normalized spacial score (nSPS) is 14.5. The molecule has 0 bridgehead atoms. The number of aryl methyl sites for hydroxylation is 1. The minimum Gasteiger partial charge on any atom is -0.461 e. The number of nitrogens with one attached hydrogen (secondary N) is 1. The molecular weight excluding hydrogens is 447 g/mol. The molecule has 0 saturated heterocycles. The van der Waals surface area contributed by atoms with Crippen LogP contribution in [0.4, 0.5) is 18.9 Å². The van der Waals surface area contributed by atoms with Gasteiger partial charge in [0.2, 0.25) is 5.79 Å². The Morgan fingerprint density at radius 2 is 1.97 bits per heavy atom. The number of rotatable bonds is 5. The molecule has 1 aromatic heterocycles. The highest BCUT2D eigenvalue weighted by Gasteiger charge is 2.33. The molecule has 9 heteroatoms. The zero-order chi connectivity index (χ0) is 24.5. The van der Waals surface area contributed by atoms with Gasteiger partial charge in [-0.15, -0.1) is 13.2 Å². The Hall–Kier alpha value is -3.77. The number of anilines is 1. The lowest BCUT2D eigenvalue weighted by molar-refractivity contribution is -0.274. The molecule has 0 spiro atoms. The summed E-state index contributed by atoms with van der Waals surface area (Å²) in [6.07, 6.45) is -3.24. The van der Waals surface area contributed by atoms with Gasteiger partial charge in [0.25, 0.3) is 0 Å². The van der Waals surface area contributed by atoms with Gasteiger partial charge < -0.3 is 19.5 Å². The van der Waals surface area contributed by atoms with Crippen molar-refractivity contribution in [2.45, 2.75) is 46.1 Å². The Balaban J connectivity index is 1.66. The van der Waals surface area contributed by atoms with Crippen LogP contribution in [0.5, 0.6) is 11.5 Å². The number of alkyl halides is 3. The van der Waals surface area contributed by atoms with E-state index in [-0.39, 0.29) is 12.2 Å². The van der Waals surface area contributed by atoms with Gasteiger partial charge in [-0.2, -0.15) is 5.26 Å². The van der Waals surface area contributed by atoms with E-state index in [1.54, 1.807) is 50.4 Å². The van der Waals surface area contributed by atoms with Crippen molar-refractivity contribution in [1.82, 2.24) is 4.98 Å². The summed E-state index contributed by atoms with van der Waals surface area (Å²) in [6, 6.07) is 13.1. The lowest BCUT2D eigenvalue weighted by Gasteiger charge is -2.34. The fourth-order valence-electron chi connectivity index (χ4n) is 3.71. The Labute approximate surface area is 194 Å². The maximum Gasteiger partial charge on any atom is 0.573 e. The lowest BCUT2D eigenvalue weighted by atomic mass is 9.99. The maximum atomic E-state index is 13.2. The van der Waals surface area contributed by atoms with Crippen molar-refractivity contribution < 1.29 is 27.4 Å². The first-order valence-corrected chi connectivity index (χ1v) is 10.5. The van der Waals surface area contributed by atoms with Crippen LogP contribution in [0.3, 0.4) is 0 Å². The van der Waals surface area contributed by atoms with Crippen molar-refractivity contribution in [3.8, 4) is 28.7 Å². The Morgan fingerprint density at radius 3 is 2.71 bits per heavy atom. The molecule has 0 saturated carbocycles. The summed E-state index contributed by atoms with van der Waals surface area (Å²) < 4.78 is 55.4. The monoisotopic (exact) mass is 469 g/mol. The number of aromatic nitrogens is 1. The van der Waals surface area contributed by atoms with Crippen molar-refractivity contribution in [1.29, 1.82) is 5.26 Å². The van der Waals surface area contributed by atoms with Gasteiger partial charge in [-0.05, 0) is 41.8 Å². The molecule has 1 aliphatic heterocycles. The van der Waals surface area contributed by atoms with Gasteiger partial charge in [-0.1, -0.05) is 24.3 Å². The van der Waals surface area contributed by atoms with Crippen molar-refractivity contribution in [2.75, 3.05) is 5.32 Å². The van der Waals surface area contributed by atoms with Crippen molar-refractivity contribution in [2.24, 2.45) is 0 Å². The maximum absolute atomic E-state index is 13.2. The first-order valence-electron chi connectivity index (χ1n) is 10.5. The number of halogens is 3. The van der Waals surface area contributed by atoms with Crippen LogP contribution in [-0.2, 0) is 17.9 Å². The quantitative estimate of drug-likeness (QED) is 0.488. The predicted molar refractivity (Wildman–Crippen MR) is 119 cm³/mol. The fourth-order valence-corrected chi connectivity index (χ4v) is 3.71. The lowest BCUT2D eigenvalue weighted by Crippen LogP contribution is -2.36. The summed E-state index contributed by atoms with van der Waals surface area (Å²) in [6.45, 7) is 5.88. The van der Waals surface area contributed by atoms with Gasteiger partial charge in [-0.25, -0.2) is 0 Å². The summed E-state index contributed by atoms with van der Waals surface area (Å²) in [5.74, 6) is -0.583. The second kappa shape index (κ2) is 8.88. The van der Waals surface area contributed by atoms with E-state index in [4.69, 9.17) is 9.47 Å². The zero-order valence-corrected chi connectivity index (χ0v) is 18.8. The Morgan fingerprint density at radius 1 is 1.21 bits per heavy atom. The zero-order valence-electron chi connectivity index (χ0n) is 18.8. The Bertz CT molecular complexity index is 1270. The molecule has 3 aromatic rings. The van der Waals surface area contributed by atoms with E-state index in [1.165, 1.54) is 12.1 Å². The van der Waals surface area contributed by atoms with Gasteiger partial charge in [0.05, 0.1) is 29.6 Å². The number of benzene rings is 2. The van der Waals surface area contributed by atoms with E-state index in [0.717, 1.165) is 11.1 Å². The molecule has 2 heterocycles. The molecule has 1 N–H and O–H groups in total. The fraction of sp³-hybridized carbons (Fsp3) is 0.280. The van der Waals surface area contributed by atoms with Crippen molar-refractivity contribution >= 4 is 5.69 Å². The van der Waals surface area contributed by atoms with E-state index in [9.17, 15) is 18.4 Å². The third kappa shape index (κ3) is 5.07. The average molecular weight is 469 g/mol. The van der Waals surface area contributed by atoms with Gasteiger partial charge in [0.15, 0.2) is 5.75 Å². The van der Waals surface area contributed by atoms with E-state index in [0.29, 0.717) is 34.7 Å². The number of nitrogens with zero attached hydrogens (tertiary/aromatic N) is 2. The van der Waals surface area contributed by atoms with Gasteiger partial charge >= 0.3 is 6.36 Å². The number of hydrogen-bond acceptors (Lipinski definition) is 6. The van der Waals surface area contributed by atoms with Crippen LogP contribution in [-0.4, -0.2) is 17.1 Å². The first-order chi connectivity index (χ1) is 16.1. The minimum absolute atomic E-state index is 0.141. The van der Waals surface area contributed by atoms with Crippen molar-refractivity contribution in [3.63, 3.8) is 0 Å². The molecule has 2 aromatic carbocycles. The van der Waals surface area contributed by atoms with E-state index < -0.39 is 17.9 Å². The van der Waals surface area contributed by atoms with Crippen LogP contribution in [0.1, 0.15) is 36.2 Å². The SMILES string of the molecule is Cc1ncc(CNc2ccc(-c3ccccc3C#N)cc2OC(F)(F)F)c2c1OC(C)(C)OC2. The first kappa shape index (κ1) is 23.4. The van der Waals surface area contributed by atoms with Gasteiger partial charge in [-0.3, -0.25) is 4.98 Å². The number of hydrogen-bond donors (Lipinski definition) is 1. The van der Waals surface area contributed by atoms with Crippen LogP contribution in [0.25, 0.3) is 11.1 Å². The number of nitriles is 1. The predicted octanol–water partition coefficient (Wildman–Crippen LogP) is 6.08. The summed E-state index contributed by atoms with van der Waals surface area (Å²) in [5, 5.41) is 12.4. The number of fused-ring (bicyclic) bond motifs is 1. The van der Waals surface area contributed by atoms with Crippen molar-refractivity contribution in [3.05, 3.63) is 71.0 Å². The average Bonchev–Trinajstić information content (AvgIpc) is 2.78. The second-order valence-corrected chi connectivity index (χ2v) is 8.24. The van der Waals surface area contributed by atoms with Crippen LogP contribution in [0, 0.1) is 18.3 Å². The highest BCUT2D eigenvalue weighted by atomic mass is 19.4. The van der Waals surface area contributed by atoms with Crippen LogP contribution in [0.2, 0.25) is 0 Å².